The molecule has 46 heavy (non-hydrogen) atoms. The third-order valence-electron chi connectivity index (χ3n) is 8.47. The molecule has 4 heterocycles. The van der Waals surface area contributed by atoms with E-state index in [1.165, 1.54) is 13.2 Å². The fraction of sp³-hybridized carbons (Fsp3) is 0.286. The van der Waals surface area contributed by atoms with Gasteiger partial charge in [0.2, 0.25) is 5.88 Å². The molecule has 0 spiro atoms. The van der Waals surface area contributed by atoms with Crippen LogP contribution in [0.3, 0.4) is 0 Å². The van der Waals surface area contributed by atoms with Crippen LogP contribution in [-0.4, -0.2) is 57.0 Å². The summed E-state index contributed by atoms with van der Waals surface area (Å²) >= 11 is 0. The number of ether oxygens (including phenoxy) is 4. The van der Waals surface area contributed by atoms with Gasteiger partial charge in [-0.15, -0.1) is 0 Å². The first-order chi connectivity index (χ1) is 22.5. The molecule has 11 heteroatoms. The van der Waals surface area contributed by atoms with Crippen molar-refractivity contribution in [3.63, 3.8) is 0 Å². The Balaban J connectivity index is 1.27. The fourth-order valence-electron chi connectivity index (χ4n) is 5.88. The van der Waals surface area contributed by atoms with Crippen molar-refractivity contribution >= 4 is 17.0 Å². The molecule has 5 aromatic rings. The normalized spacial score (nSPS) is 16.0. The third-order valence-corrected chi connectivity index (χ3v) is 8.47. The Bertz CT molecular complexity index is 1990. The van der Waals surface area contributed by atoms with Gasteiger partial charge in [-0.2, -0.15) is 10.2 Å². The van der Waals surface area contributed by atoms with Gasteiger partial charge in [0.1, 0.15) is 23.7 Å². The number of carboxylic acid groups (broad SMARTS) is 1. The Labute approximate surface area is 265 Å². The summed E-state index contributed by atoms with van der Waals surface area (Å²) in [6, 6.07) is 18.7. The Morgan fingerprint density at radius 1 is 1.07 bits per heavy atom. The fourth-order valence-corrected chi connectivity index (χ4v) is 5.88. The van der Waals surface area contributed by atoms with Gasteiger partial charge in [-0.25, -0.2) is 14.8 Å². The van der Waals surface area contributed by atoms with E-state index >= 15 is 0 Å². The van der Waals surface area contributed by atoms with E-state index in [0.29, 0.717) is 79.9 Å². The van der Waals surface area contributed by atoms with Crippen LogP contribution in [0.25, 0.3) is 22.4 Å². The van der Waals surface area contributed by atoms with E-state index in [1.807, 2.05) is 34.9 Å². The summed E-state index contributed by atoms with van der Waals surface area (Å²) in [7, 11) is 1.52. The number of aromatic carboxylic acids is 1. The predicted octanol–water partition coefficient (Wildman–Crippen LogP) is 5.10. The molecule has 11 nitrogen and oxygen atoms in total. The van der Waals surface area contributed by atoms with Crippen molar-refractivity contribution in [2.75, 3.05) is 20.3 Å². The quantitative estimate of drug-likeness (QED) is 0.273. The molecule has 232 valence electrons. The van der Waals surface area contributed by atoms with Gasteiger partial charge in [0.05, 0.1) is 55.7 Å². The topological polar surface area (TPSA) is 142 Å². The predicted molar refractivity (Wildman–Crippen MR) is 167 cm³/mol. The maximum absolute atomic E-state index is 11.9. The van der Waals surface area contributed by atoms with Crippen LogP contribution >= 0.6 is 0 Å². The highest BCUT2D eigenvalue weighted by molar-refractivity contribution is 5.95. The Morgan fingerprint density at radius 3 is 2.74 bits per heavy atom. The zero-order chi connectivity index (χ0) is 31.6. The number of aromatic nitrogens is 4. The average Bonchev–Trinajstić information content (AvgIpc) is 3.40. The number of hydrogen-bond donors (Lipinski definition) is 1. The van der Waals surface area contributed by atoms with Gasteiger partial charge < -0.3 is 28.6 Å². The number of benzene rings is 3. The third kappa shape index (κ3) is 5.88. The maximum Gasteiger partial charge on any atom is 0.335 e. The first kappa shape index (κ1) is 29.4. The van der Waals surface area contributed by atoms with Crippen LogP contribution < -0.4 is 9.47 Å². The number of carbonyl (C=O) groups is 1. The highest BCUT2D eigenvalue weighted by atomic mass is 16.5. The lowest BCUT2D eigenvalue weighted by molar-refractivity contribution is -0.0589. The number of fused-ring (bicyclic) bond motifs is 7. The number of nitriles is 1. The maximum atomic E-state index is 11.9. The second kappa shape index (κ2) is 12.6. The molecule has 0 amide bonds. The largest absolute Gasteiger partial charge is 0.494 e. The monoisotopic (exact) mass is 617 g/mol. The molecule has 1 N–H and O–H groups in total. The zero-order valence-electron chi connectivity index (χ0n) is 25.2. The minimum Gasteiger partial charge on any atom is -0.494 e. The number of methoxy groups -OCH3 is 1. The molecule has 4 bridgehead atoms. The van der Waals surface area contributed by atoms with Gasteiger partial charge in [0.15, 0.2) is 5.82 Å². The Morgan fingerprint density at radius 2 is 1.96 bits per heavy atom. The molecule has 1 atom stereocenters. The van der Waals surface area contributed by atoms with Crippen LogP contribution in [0.5, 0.6) is 11.6 Å². The van der Waals surface area contributed by atoms with E-state index in [9.17, 15) is 15.2 Å². The molecule has 1 fully saturated rings. The summed E-state index contributed by atoms with van der Waals surface area (Å²) in [4.78, 5) is 26.1. The lowest BCUT2D eigenvalue weighted by Crippen LogP contribution is -2.31. The molecular formula is C35H31N5O6. The zero-order valence-corrected chi connectivity index (χ0v) is 25.2. The van der Waals surface area contributed by atoms with Crippen molar-refractivity contribution in [2.24, 2.45) is 0 Å². The summed E-state index contributed by atoms with van der Waals surface area (Å²) in [6.45, 7) is 2.35. The molecule has 0 saturated carbocycles. The van der Waals surface area contributed by atoms with Crippen molar-refractivity contribution in [3.8, 4) is 29.1 Å². The molecule has 0 unspecified atom stereocenters. The second-order valence-electron chi connectivity index (χ2n) is 11.3. The molecule has 2 aromatic heterocycles. The smallest absolute Gasteiger partial charge is 0.335 e. The van der Waals surface area contributed by atoms with Crippen LogP contribution in [0, 0.1) is 11.3 Å². The summed E-state index contributed by atoms with van der Waals surface area (Å²) < 4.78 is 25.7. The van der Waals surface area contributed by atoms with Gasteiger partial charge in [-0.3, -0.25) is 0 Å². The minimum absolute atomic E-state index is 0.0236. The first-order valence-electron chi connectivity index (χ1n) is 15.1. The first-order valence-corrected chi connectivity index (χ1v) is 15.1. The SMILES string of the molecule is COc1cc(C(=O)O)cc2c1nc(Cc1ccc3cc1COCCc1cc(C#N)ccc1COc1ccnc-3n1)n2C[C@@H]1CCO1. The van der Waals surface area contributed by atoms with Gasteiger partial charge >= 0.3 is 5.97 Å². The van der Waals surface area contributed by atoms with Crippen molar-refractivity contribution in [1.82, 2.24) is 19.5 Å². The van der Waals surface area contributed by atoms with E-state index in [1.54, 1.807) is 24.4 Å². The standard InChI is InChI=1S/C35H31N5O6/c1-43-30-15-26(35(41)42)14-29-33(30)38-31(40(29)18-28-8-11-45-28)16-22-4-5-24-13-27(22)19-44-10-7-23-12-21(17-36)2-3-25(23)20-46-32-6-9-37-34(24)39-32/h2-6,9,12-15,28H,7-8,10-11,16,18-20H2,1H3,(H,41,42)/t28-/m0/s1. The Hall–Kier alpha value is -5.31. The highest BCUT2D eigenvalue weighted by Gasteiger charge is 2.25. The molecule has 7 rings (SSSR count). The molecule has 1 saturated heterocycles. The van der Waals surface area contributed by atoms with Crippen LogP contribution in [0.15, 0.2) is 60.8 Å². The van der Waals surface area contributed by atoms with Crippen LogP contribution in [0.2, 0.25) is 0 Å². The van der Waals surface area contributed by atoms with E-state index in [4.69, 9.17) is 23.9 Å². The van der Waals surface area contributed by atoms with Crippen LogP contribution in [0.4, 0.5) is 0 Å². The van der Waals surface area contributed by atoms with Gasteiger partial charge in [-0.05, 0) is 65.4 Å². The van der Waals surface area contributed by atoms with E-state index in [2.05, 4.69) is 16.0 Å². The lowest BCUT2D eigenvalue weighted by atomic mass is 10.0. The number of imidazole rings is 1. The summed E-state index contributed by atoms with van der Waals surface area (Å²) in [5, 5.41) is 19.2. The molecule has 2 aliphatic heterocycles. The van der Waals surface area contributed by atoms with Crippen molar-refractivity contribution in [1.29, 1.82) is 5.26 Å². The van der Waals surface area contributed by atoms with Gasteiger partial charge in [0.25, 0.3) is 0 Å². The van der Waals surface area contributed by atoms with E-state index in [0.717, 1.165) is 40.1 Å². The molecular weight excluding hydrogens is 586 g/mol. The van der Waals surface area contributed by atoms with Crippen molar-refractivity contribution in [2.45, 2.75) is 45.1 Å². The summed E-state index contributed by atoms with van der Waals surface area (Å²) in [5.41, 5.74) is 6.74. The van der Waals surface area contributed by atoms with Crippen molar-refractivity contribution in [3.05, 3.63) is 100.0 Å². The minimum atomic E-state index is -1.03. The second-order valence-corrected chi connectivity index (χ2v) is 11.3. The van der Waals surface area contributed by atoms with Crippen LogP contribution in [-0.2, 0) is 42.1 Å². The summed E-state index contributed by atoms with van der Waals surface area (Å²) in [6.07, 6.45) is 3.70. The van der Waals surface area contributed by atoms with Crippen LogP contribution in [0.1, 0.15) is 50.4 Å². The molecule has 0 aliphatic carbocycles. The number of hydrogen-bond acceptors (Lipinski definition) is 9. The van der Waals surface area contributed by atoms with Gasteiger partial charge in [-0.1, -0.05) is 18.2 Å². The lowest BCUT2D eigenvalue weighted by Gasteiger charge is -2.27. The van der Waals surface area contributed by atoms with Gasteiger partial charge in [0, 0.05) is 30.9 Å². The summed E-state index contributed by atoms with van der Waals surface area (Å²) in [5.74, 6) is 1.12. The molecule has 2 aliphatic rings. The number of nitrogens with zero attached hydrogens (tertiary/aromatic N) is 5. The van der Waals surface area contributed by atoms with E-state index in [-0.39, 0.29) is 11.7 Å². The molecule has 3 aromatic carbocycles. The average molecular weight is 618 g/mol. The number of rotatable bonds is 6. The number of carboxylic acids is 1. The van der Waals surface area contributed by atoms with Crippen molar-refractivity contribution < 1.29 is 28.8 Å². The highest BCUT2D eigenvalue weighted by Crippen LogP contribution is 2.32. The molecule has 0 radical (unpaired) electrons. The van der Waals surface area contributed by atoms with E-state index < -0.39 is 5.97 Å². The Kier molecular flexibility index (Phi) is 8.05.